The molecule has 2 aliphatic rings. The van der Waals surface area contributed by atoms with Crippen LogP contribution in [0, 0.1) is 6.92 Å². The van der Waals surface area contributed by atoms with Crippen LogP contribution in [-0.4, -0.2) is 63.4 Å². The molecule has 164 valence electrons. The summed E-state index contributed by atoms with van der Waals surface area (Å²) in [4.78, 5) is 33.0. The number of rotatable bonds is 4. The van der Waals surface area contributed by atoms with Crippen molar-refractivity contribution in [1.82, 2.24) is 24.8 Å². The van der Waals surface area contributed by atoms with Gasteiger partial charge in [0.05, 0.1) is 22.5 Å². The summed E-state index contributed by atoms with van der Waals surface area (Å²) in [5.74, 6) is -0.390. The predicted octanol–water partition coefficient (Wildman–Crippen LogP) is 3.17. The second-order valence-corrected chi connectivity index (χ2v) is 8.96. The van der Waals surface area contributed by atoms with Crippen LogP contribution < -0.4 is 10.2 Å². The summed E-state index contributed by atoms with van der Waals surface area (Å²) in [6.07, 6.45) is 3.44. The Balaban J connectivity index is 1.44. The zero-order valence-corrected chi connectivity index (χ0v) is 18.9. The summed E-state index contributed by atoms with van der Waals surface area (Å²) in [6.45, 7) is 9.72. The average Bonchev–Trinajstić information content (AvgIpc) is 3.35. The predicted molar refractivity (Wildman–Crippen MR) is 127 cm³/mol. The Morgan fingerprint density at radius 3 is 2.62 bits per heavy atom. The highest BCUT2D eigenvalue weighted by molar-refractivity contribution is 8.18. The number of hydrogen-bond donors (Lipinski definition) is 1. The molecule has 0 spiro atoms. The molecule has 4 heterocycles. The first kappa shape index (κ1) is 20.7. The van der Waals surface area contributed by atoms with Gasteiger partial charge in [0.15, 0.2) is 5.65 Å². The number of aromatic nitrogens is 3. The fourth-order valence-corrected chi connectivity index (χ4v) is 4.86. The number of anilines is 1. The molecule has 9 heteroatoms. The van der Waals surface area contributed by atoms with Crippen molar-refractivity contribution >= 4 is 40.3 Å². The van der Waals surface area contributed by atoms with E-state index in [4.69, 9.17) is 0 Å². The molecule has 0 atom stereocenters. The third-order valence-electron chi connectivity index (χ3n) is 5.96. The average molecular weight is 449 g/mol. The molecular formula is C23H24N6O2S. The van der Waals surface area contributed by atoms with Crippen LogP contribution in [0.1, 0.15) is 18.2 Å². The van der Waals surface area contributed by atoms with E-state index in [1.807, 2.05) is 12.3 Å². The minimum atomic E-state index is -0.390. The van der Waals surface area contributed by atoms with E-state index in [-0.39, 0.29) is 5.24 Å². The SMILES string of the molecule is CCN1CCN(c2ccc(-c3cnc4ccc(/C=C5\SC(=O)NC5=O)nn34)cc2C)CC1. The van der Waals surface area contributed by atoms with Crippen LogP contribution in [0.25, 0.3) is 23.0 Å². The Labute approximate surface area is 190 Å². The number of likely N-dealkylation sites (N-methyl/N-ethyl adjacent to an activating group) is 1. The quantitative estimate of drug-likeness (QED) is 0.614. The lowest BCUT2D eigenvalue weighted by Crippen LogP contribution is -2.46. The number of imide groups is 1. The number of hydrogen-bond acceptors (Lipinski definition) is 7. The number of nitrogens with one attached hydrogen (secondary N) is 1. The normalized spacial score (nSPS) is 18.7. The van der Waals surface area contributed by atoms with Gasteiger partial charge >= 0.3 is 0 Å². The van der Waals surface area contributed by atoms with Crippen molar-refractivity contribution in [3.8, 4) is 11.3 Å². The molecule has 0 radical (unpaired) electrons. The molecular weight excluding hydrogens is 424 g/mol. The van der Waals surface area contributed by atoms with Crippen molar-refractivity contribution in [2.45, 2.75) is 13.8 Å². The molecule has 0 unspecified atom stereocenters. The summed E-state index contributed by atoms with van der Waals surface area (Å²) in [5, 5.41) is 6.55. The van der Waals surface area contributed by atoms with Gasteiger partial charge in [-0.25, -0.2) is 9.50 Å². The summed E-state index contributed by atoms with van der Waals surface area (Å²) in [5.41, 5.74) is 5.71. The van der Waals surface area contributed by atoms with Crippen molar-refractivity contribution in [2.75, 3.05) is 37.6 Å². The minimum absolute atomic E-state index is 0.340. The number of carbonyl (C=O) groups excluding carboxylic acids is 2. The molecule has 3 aromatic rings. The summed E-state index contributed by atoms with van der Waals surface area (Å²) in [6, 6.07) is 10.1. The first-order valence-electron chi connectivity index (χ1n) is 10.7. The van der Waals surface area contributed by atoms with Crippen LogP contribution in [0.3, 0.4) is 0 Å². The molecule has 0 aliphatic carbocycles. The van der Waals surface area contributed by atoms with Gasteiger partial charge in [0.1, 0.15) is 0 Å². The number of amides is 2. The number of fused-ring (bicyclic) bond motifs is 1. The third kappa shape index (κ3) is 3.89. The number of imidazole rings is 1. The molecule has 2 amide bonds. The first-order valence-corrected chi connectivity index (χ1v) is 11.5. The van der Waals surface area contributed by atoms with Crippen molar-refractivity contribution in [3.63, 3.8) is 0 Å². The van der Waals surface area contributed by atoms with Crippen LogP contribution in [-0.2, 0) is 4.79 Å². The number of benzene rings is 1. The van der Waals surface area contributed by atoms with Gasteiger partial charge < -0.3 is 9.80 Å². The lowest BCUT2D eigenvalue weighted by atomic mass is 10.1. The molecule has 1 N–H and O–H groups in total. The minimum Gasteiger partial charge on any atom is -0.369 e. The van der Waals surface area contributed by atoms with Crippen molar-refractivity contribution < 1.29 is 9.59 Å². The van der Waals surface area contributed by atoms with Gasteiger partial charge in [0, 0.05) is 37.4 Å². The van der Waals surface area contributed by atoms with Gasteiger partial charge in [-0.2, -0.15) is 5.10 Å². The zero-order valence-electron chi connectivity index (χ0n) is 18.0. The van der Waals surface area contributed by atoms with E-state index in [2.05, 4.69) is 57.2 Å². The lowest BCUT2D eigenvalue weighted by molar-refractivity contribution is -0.115. The van der Waals surface area contributed by atoms with Gasteiger partial charge in [0.2, 0.25) is 0 Å². The second-order valence-electron chi connectivity index (χ2n) is 7.95. The van der Waals surface area contributed by atoms with E-state index >= 15 is 0 Å². The first-order chi connectivity index (χ1) is 15.5. The molecule has 32 heavy (non-hydrogen) atoms. The maximum absolute atomic E-state index is 11.9. The smallest absolute Gasteiger partial charge is 0.290 e. The molecule has 2 fully saturated rings. The van der Waals surface area contributed by atoms with Crippen molar-refractivity contribution in [1.29, 1.82) is 0 Å². The highest BCUT2D eigenvalue weighted by atomic mass is 32.2. The van der Waals surface area contributed by atoms with Gasteiger partial charge in [-0.1, -0.05) is 13.0 Å². The maximum atomic E-state index is 11.9. The third-order valence-corrected chi connectivity index (χ3v) is 6.77. The largest absolute Gasteiger partial charge is 0.369 e. The fourth-order valence-electron chi connectivity index (χ4n) is 4.19. The van der Waals surface area contributed by atoms with E-state index < -0.39 is 5.91 Å². The summed E-state index contributed by atoms with van der Waals surface area (Å²) < 4.78 is 1.78. The number of carbonyl (C=O) groups is 2. The van der Waals surface area contributed by atoms with E-state index in [1.54, 1.807) is 16.7 Å². The van der Waals surface area contributed by atoms with Gasteiger partial charge in [-0.3, -0.25) is 14.9 Å². The highest BCUT2D eigenvalue weighted by Crippen LogP contribution is 2.29. The van der Waals surface area contributed by atoms with E-state index in [0.717, 1.165) is 61.4 Å². The Hall–Kier alpha value is -3.17. The van der Waals surface area contributed by atoms with Crippen LogP contribution in [0.5, 0.6) is 0 Å². The van der Waals surface area contributed by atoms with Crippen LogP contribution in [0.2, 0.25) is 0 Å². The molecule has 2 aromatic heterocycles. The number of nitrogens with zero attached hydrogens (tertiary/aromatic N) is 5. The number of piperazine rings is 1. The Morgan fingerprint density at radius 1 is 1.12 bits per heavy atom. The zero-order chi connectivity index (χ0) is 22.2. The summed E-state index contributed by atoms with van der Waals surface area (Å²) in [7, 11) is 0. The van der Waals surface area contributed by atoms with Crippen molar-refractivity contribution in [2.24, 2.45) is 0 Å². The Morgan fingerprint density at radius 2 is 1.94 bits per heavy atom. The number of aryl methyl sites for hydroxylation is 1. The fraction of sp³-hybridized carbons (Fsp3) is 0.304. The molecule has 2 aliphatic heterocycles. The number of thioether (sulfide) groups is 1. The van der Waals surface area contributed by atoms with Crippen LogP contribution in [0.15, 0.2) is 41.4 Å². The van der Waals surface area contributed by atoms with Crippen molar-refractivity contribution in [3.05, 3.63) is 52.7 Å². The molecule has 8 nitrogen and oxygen atoms in total. The van der Waals surface area contributed by atoms with Gasteiger partial charge in [-0.05, 0) is 61.1 Å². The van der Waals surface area contributed by atoms with Crippen LogP contribution in [0.4, 0.5) is 10.5 Å². The molecule has 2 saturated heterocycles. The molecule has 1 aromatic carbocycles. The topological polar surface area (TPSA) is 82.8 Å². The van der Waals surface area contributed by atoms with E-state index in [9.17, 15) is 9.59 Å². The highest BCUT2D eigenvalue weighted by Gasteiger charge is 2.25. The monoisotopic (exact) mass is 448 g/mol. The van der Waals surface area contributed by atoms with E-state index in [0.29, 0.717) is 10.6 Å². The van der Waals surface area contributed by atoms with Gasteiger partial charge in [-0.15, -0.1) is 0 Å². The Kier molecular flexibility index (Phi) is 5.44. The lowest BCUT2D eigenvalue weighted by Gasteiger charge is -2.36. The summed E-state index contributed by atoms with van der Waals surface area (Å²) >= 11 is 0.884. The maximum Gasteiger partial charge on any atom is 0.290 e. The van der Waals surface area contributed by atoms with Gasteiger partial charge in [0.25, 0.3) is 11.1 Å². The molecule has 0 saturated carbocycles. The van der Waals surface area contributed by atoms with E-state index in [1.165, 1.54) is 11.3 Å². The molecule has 5 rings (SSSR count). The molecule has 0 bridgehead atoms. The second kappa shape index (κ2) is 8.40. The van der Waals surface area contributed by atoms with Crippen LogP contribution >= 0.6 is 11.8 Å². The Bertz CT molecular complexity index is 1240. The standard InChI is InChI=1S/C23H24N6O2S/c1-3-27-8-10-28(11-9-27)18-6-4-16(12-15(18)2)19-14-24-21-7-5-17(26-29(19)21)13-20-22(30)25-23(31)32-20/h4-7,12-14H,3,8-11H2,1-2H3,(H,25,30,31)/b20-13-.